The maximum Gasteiger partial charge on any atom is 0.278 e. The highest BCUT2D eigenvalue weighted by Gasteiger charge is 2.17. The summed E-state index contributed by atoms with van der Waals surface area (Å²) in [5.41, 5.74) is 2.14. The second-order valence-corrected chi connectivity index (χ2v) is 4.40. The fourth-order valence-corrected chi connectivity index (χ4v) is 1.90. The topological polar surface area (TPSA) is 78.0 Å². The predicted molar refractivity (Wildman–Crippen MR) is 69.3 cm³/mol. The third-order valence-corrected chi connectivity index (χ3v) is 2.85. The Morgan fingerprint density at radius 1 is 1.26 bits per heavy atom. The first kappa shape index (κ1) is 12.9. The molecule has 0 amide bonds. The van der Waals surface area contributed by atoms with Crippen LogP contribution in [0, 0.1) is 30.9 Å². The zero-order valence-corrected chi connectivity index (χ0v) is 10.9. The largest absolute Gasteiger partial charge is 0.278 e. The minimum absolute atomic E-state index is 0.0626. The van der Waals surface area contributed by atoms with Crippen LogP contribution in [0.5, 0.6) is 0 Å². The van der Waals surface area contributed by atoms with E-state index in [4.69, 9.17) is 0 Å². The minimum Gasteiger partial charge on any atom is -0.267 e. The SMILES string of the molecule is Cc1cc(C)n(C(=O)c2ccc(C)c([N+](=O)[O-])c2)n1. The molecular weight excluding hydrogens is 246 g/mol. The van der Waals surface area contributed by atoms with E-state index in [1.54, 1.807) is 39.0 Å². The van der Waals surface area contributed by atoms with Crippen LogP contribution in [0.1, 0.15) is 27.3 Å². The van der Waals surface area contributed by atoms with Crippen LogP contribution in [0.15, 0.2) is 24.3 Å². The third kappa shape index (κ3) is 2.37. The average molecular weight is 259 g/mol. The molecule has 1 aromatic carbocycles. The van der Waals surface area contributed by atoms with Gasteiger partial charge in [-0.15, -0.1) is 0 Å². The Balaban J connectivity index is 2.48. The number of hydrogen-bond donors (Lipinski definition) is 0. The summed E-state index contributed by atoms with van der Waals surface area (Å²) in [6.07, 6.45) is 0. The number of nitrogens with zero attached hydrogens (tertiary/aromatic N) is 3. The fourth-order valence-electron chi connectivity index (χ4n) is 1.90. The van der Waals surface area contributed by atoms with Gasteiger partial charge in [-0.2, -0.15) is 5.10 Å². The van der Waals surface area contributed by atoms with Crippen LogP contribution in [0.25, 0.3) is 0 Å². The number of aromatic nitrogens is 2. The molecule has 0 saturated heterocycles. The molecule has 0 N–H and O–H groups in total. The molecule has 6 nitrogen and oxygen atoms in total. The van der Waals surface area contributed by atoms with Crippen molar-refractivity contribution in [3.8, 4) is 0 Å². The van der Waals surface area contributed by atoms with Crippen LogP contribution in [0.3, 0.4) is 0 Å². The Morgan fingerprint density at radius 2 is 1.95 bits per heavy atom. The molecule has 0 aliphatic carbocycles. The van der Waals surface area contributed by atoms with Crippen LogP contribution in [0.2, 0.25) is 0 Å². The van der Waals surface area contributed by atoms with Gasteiger partial charge in [-0.3, -0.25) is 14.9 Å². The molecule has 0 saturated carbocycles. The summed E-state index contributed by atoms with van der Waals surface area (Å²) in [7, 11) is 0. The van der Waals surface area contributed by atoms with Crippen LogP contribution in [-0.2, 0) is 0 Å². The highest BCUT2D eigenvalue weighted by Crippen LogP contribution is 2.20. The summed E-state index contributed by atoms with van der Waals surface area (Å²) in [6, 6.07) is 6.20. The molecule has 1 aromatic heterocycles. The van der Waals surface area contributed by atoms with Crippen molar-refractivity contribution < 1.29 is 9.72 Å². The van der Waals surface area contributed by atoms with Crippen LogP contribution >= 0.6 is 0 Å². The molecule has 1 heterocycles. The highest BCUT2D eigenvalue weighted by molar-refractivity contribution is 5.96. The van der Waals surface area contributed by atoms with E-state index >= 15 is 0 Å². The first-order chi connectivity index (χ1) is 8.90. The van der Waals surface area contributed by atoms with Gasteiger partial charge in [0.05, 0.1) is 10.6 Å². The Morgan fingerprint density at radius 3 is 2.47 bits per heavy atom. The van der Waals surface area contributed by atoms with E-state index in [2.05, 4.69) is 5.10 Å². The van der Waals surface area contributed by atoms with Gasteiger partial charge in [0, 0.05) is 22.9 Å². The first-order valence-corrected chi connectivity index (χ1v) is 5.73. The van der Waals surface area contributed by atoms with E-state index in [1.807, 2.05) is 0 Å². The molecule has 0 spiro atoms. The van der Waals surface area contributed by atoms with E-state index in [0.717, 1.165) is 5.69 Å². The molecule has 0 aliphatic heterocycles. The molecule has 0 unspecified atom stereocenters. The van der Waals surface area contributed by atoms with E-state index in [-0.39, 0.29) is 17.2 Å². The molecule has 19 heavy (non-hydrogen) atoms. The monoisotopic (exact) mass is 259 g/mol. The number of rotatable bonds is 2. The second kappa shape index (κ2) is 4.64. The smallest absolute Gasteiger partial charge is 0.267 e. The lowest BCUT2D eigenvalue weighted by Gasteiger charge is -2.04. The summed E-state index contributed by atoms with van der Waals surface area (Å²) in [5.74, 6) is -0.367. The lowest BCUT2D eigenvalue weighted by Crippen LogP contribution is -2.15. The van der Waals surface area contributed by atoms with Gasteiger partial charge in [0.25, 0.3) is 11.6 Å². The number of aryl methyl sites for hydroxylation is 3. The van der Waals surface area contributed by atoms with Crippen LogP contribution < -0.4 is 0 Å². The maximum absolute atomic E-state index is 12.2. The first-order valence-electron chi connectivity index (χ1n) is 5.73. The quantitative estimate of drug-likeness (QED) is 0.612. The molecule has 0 atom stereocenters. The molecule has 0 fully saturated rings. The van der Waals surface area contributed by atoms with Crippen molar-refractivity contribution in [2.75, 3.05) is 0 Å². The summed E-state index contributed by atoms with van der Waals surface area (Å²) >= 11 is 0. The van der Waals surface area contributed by atoms with Gasteiger partial charge in [0.2, 0.25) is 0 Å². The highest BCUT2D eigenvalue weighted by atomic mass is 16.6. The number of carbonyl (C=O) groups is 1. The Hall–Kier alpha value is -2.50. The lowest BCUT2D eigenvalue weighted by atomic mass is 10.1. The van der Waals surface area contributed by atoms with Crippen molar-refractivity contribution in [2.45, 2.75) is 20.8 Å². The maximum atomic E-state index is 12.2. The molecule has 0 bridgehead atoms. The second-order valence-electron chi connectivity index (χ2n) is 4.40. The minimum atomic E-state index is -0.493. The summed E-state index contributed by atoms with van der Waals surface area (Å²) < 4.78 is 1.25. The number of nitro benzene ring substituents is 1. The van der Waals surface area contributed by atoms with Crippen molar-refractivity contribution in [1.82, 2.24) is 9.78 Å². The molecule has 6 heteroatoms. The molecule has 98 valence electrons. The summed E-state index contributed by atoms with van der Waals surface area (Å²) in [4.78, 5) is 22.6. The summed E-state index contributed by atoms with van der Waals surface area (Å²) in [5, 5.41) is 15.0. The normalized spacial score (nSPS) is 10.5. The third-order valence-electron chi connectivity index (χ3n) is 2.85. The van der Waals surface area contributed by atoms with Crippen molar-refractivity contribution in [3.05, 3.63) is 56.9 Å². The van der Waals surface area contributed by atoms with Gasteiger partial charge in [0.1, 0.15) is 0 Å². The fraction of sp³-hybridized carbons (Fsp3) is 0.231. The van der Waals surface area contributed by atoms with Gasteiger partial charge in [-0.25, -0.2) is 4.68 Å². The van der Waals surface area contributed by atoms with Crippen molar-refractivity contribution in [3.63, 3.8) is 0 Å². The van der Waals surface area contributed by atoms with Gasteiger partial charge in [0.15, 0.2) is 0 Å². The molecule has 0 aliphatic rings. The summed E-state index contributed by atoms with van der Waals surface area (Å²) in [6.45, 7) is 5.19. The van der Waals surface area contributed by atoms with Crippen LogP contribution in [0.4, 0.5) is 5.69 Å². The van der Waals surface area contributed by atoms with Crippen molar-refractivity contribution in [1.29, 1.82) is 0 Å². The number of hydrogen-bond acceptors (Lipinski definition) is 4. The zero-order valence-electron chi connectivity index (χ0n) is 10.9. The lowest BCUT2D eigenvalue weighted by molar-refractivity contribution is -0.385. The van der Waals surface area contributed by atoms with Crippen molar-refractivity contribution >= 4 is 11.6 Å². The number of nitro groups is 1. The molecule has 0 radical (unpaired) electrons. The Bertz CT molecular complexity index is 674. The molecule has 2 aromatic rings. The predicted octanol–water partition coefficient (Wildman–Crippen LogP) is 2.41. The molecular formula is C13H13N3O3. The van der Waals surface area contributed by atoms with E-state index in [0.29, 0.717) is 11.3 Å². The average Bonchev–Trinajstić information content (AvgIpc) is 2.68. The number of carbonyl (C=O) groups excluding carboxylic acids is 1. The Labute approximate surface area is 109 Å². The number of benzene rings is 1. The van der Waals surface area contributed by atoms with Gasteiger partial charge >= 0.3 is 0 Å². The van der Waals surface area contributed by atoms with E-state index < -0.39 is 4.92 Å². The van der Waals surface area contributed by atoms with Gasteiger partial charge in [-0.1, -0.05) is 6.07 Å². The van der Waals surface area contributed by atoms with Gasteiger partial charge < -0.3 is 0 Å². The Kier molecular flexibility index (Phi) is 3.16. The van der Waals surface area contributed by atoms with Gasteiger partial charge in [-0.05, 0) is 32.9 Å². The van der Waals surface area contributed by atoms with E-state index in [9.17, 15) is 14.9 Å². The standard InChI is InChI=1S/C13H13N3O3/c1-8-4-5-11(7-12(8)16(18)19)13(17)15-10(3)6-9(2)14-15/h4-7H,1-3H3. The van der Waals surface area contributed by atoms with Crippen LogP contribution in [-0.4, -0.2) is 20.6 Å². The molecule has 2 rings (SSSR count). The van der Waals surface area contributed by atoms with Crippen molar-refractivity contribution in [2.24, 2.45) is 0 Å². The zero-order chi connectivity index (χ0) is 14.2. The van der Waals surface area contributed by atoms with E-state index in [1.165, 1.54) is 10.7 Å².